The van der Waals surface area contributed by atoms with Crippen molar-refractivity contribution >= 4 is 11.7 Å². The predicted octanol–water partition coefficient (Wildman–Crippen LogP) is 6.79. The van der Waals surface area contributed by atoms with Crippen molar-refractivity contribution < 1.29 is 24.5 Å². The van der Waals surface area contributed by atoms with Gasteiger partial charge in [0.15, 0.2) is 0 Å². The molecule has 0 bridgehead atoms. The number of rotatable bonds is 8. The van der Waals surface area contributed by atoms with E-state index < -0.39 is 12.1 Å². The van der Waals surface area contributed by atoms with E-state index in [4.69, 9.17) is 0 Å². The van der Waals surface area contributed by atoms with Crippen LogP contribution in [0.5, 0.6) is 11.5 Å². The number of benzene rings is 4. The van der Waals surface area contributed by atoms with Crippen LogP contribution in [0.25, 0.3) is 11.1 Å². The minimum atomic E-state index is -0.744. The highest BCUT2D eigenvalue weighted by Gasteiger charge is 2.46. The molecule has 39 heavy (non-hydrogen) atoms. The quantitative estimate of drug-likeness (QED) is 0.236. The van der Waals surface area contributed by atoms with Gasteiger partial charge in [0.05, 0.1) is 18.2 Å². The number of aliphatic hydroxyl groups is 1. The van der Waals surface area contributed by atoms with Gasteiger partial charge in [-0.2, -0.15) is 0 Å². The molecule has 0 radical (unpaired) electrons. The zero-order valence-corrected chi connectivity index (χ0v) is 21.6. The van der Waals surface area contributed by atoms with Crippen molar-refractivity contribution in [3.05, 3.63) is 114 Å². The summed E-state index contributed by atoms with van der Waals surface area (Å²) in [6.07, 6.45) is 0.904. The second-order valence-electron chi connectivity index (χ2n) is 9.93. The van der Waals surface area contributed by atoms with Crippen molar-refractivity contribution in [3.8, 4) is 22.6 Å². The largest absolute Gasteiger partial charge is 0.508 e. The van der Waals surface area contributed by atoms with Gasteiger partial charge in [-0.1, -0.05) is 54.6 Å². The second-order valence-corrected chi connectivity index (χ2v) is 9.93. The van der Waals surface area contributed by atoms with Crippen molar-refractivity contribution in [2.45, 2.75) is 37.5 Å². The van der Waals surface area contributed by atoms with Gasteiger partial charge in [-0.15, -0.1) is 0 Å². The van der Waals surface area contributed by atoms with E-state index in [9.17, 15) is 24.5 Å². The number of carbonyl (C=O) groups excluding carboxylic acids is 1. The van der Waals surface area contributed by atoms with Gasteiger partial charge in [-0.05, 0) is 78.4 Å². The smallest absolute Gasteiger partial charge is 0.325 e. The Morgan fingerprint density at radius 2 is 1.59 bits per heavy atom. The highest BCUT2D eigenvalue weighted by molar-refractivity contribution is 5.96. The fourth-order valence-corrected chi connectivity index (χ4v) is 5.40. The minimum Gasteiger partial charge on any atom is -0.508 e. The summed E-state index contributed by atoms with van der Waals surface area (Å²) in [6, 6.07) is 26.5. The highest BCUT2D eigenvalue weighted by atomic mass is 19.1. The van der Waals surface area contributed by atoms with Crippen molar-refractivity contribution in [1.82, 2.24) is 4.90 Å². The summed E-state index contributed by atoms with van der Waals surface area (Å²) < 4.78 is 13.3. The lowest BCUT2D eigenvalue weighted by Gasteiger charge is -2.29. The van der Waals surface area contributed by atoms with E-state index in [-0.39, 0.29) is 29.4 Å². The van der Waals surface area contributed by atoms with Crippen LogP contribution >= 0.6 is 0 Å². The molecule has 0 unspecified atom stereocenters. The third-order valence-corrected chi connectivity index (χ3v) is 7.44. The molecule has 3 N–H and O–H groups in total. The maximum atomic E-state index is 13.5. The van der Waals surface area contributed by atoms with Crippen LogP contribution in [0.3, 0.4) is 0 Å². The number of carbonyl (C=O) groups is 1. The van der Waals surface area contributed by atoms with E-state index in [0.29, 0.717) is 30.4 Å². The maximum Gasteiger partial charge on any atom is 0.325 e. The lowest BCUT2D eigenvalue weighted by Crippen LogP contribution is -2.31. The second kappa shape index (κ2) is 11.2. The van der Waals surface area contributed by atoms with E-state index in [0.717, 1.165) is 16.8 Å². The molecule has 1 aliphatic heterocycles. The number of para-hydroxylation sites is 1. The molecule has 2 amide bonds. The summed E-state index contributed by atoms with van der Waals surface area (Å²) in [4.78, 5) is 17.0. The molecule has 200 valence electrons. The van der Waals surface area contributed by atoms with Crippen LogP contribution in [0.1, 0.15) is 42.5 Å². The van der Waals surface area contributed by atoms with Crippen LogP contribution in [0.15, 0.2) is 97.1 Å². The predicted molar refractivity (Wildman–Crippen MR) is 149 cm³/mol. The van der Waals surface area contributed by atoms with E-state index in [1.807, 2.05) is 48.5 Å². The first-order chi connectivity index (χ1) is 18.8. The molecule has 0 aliphatic carbocycles. The van der Waals surface area contributed by atoms with Gasteiger partial charge in [0.2, 0.25) is 0 Å². The van der Waals surface area contributed by atoms with E-state index in [2.05, 4.69) is 0 Å². The standard InChI is InChI=1S/C32H31FN2O4/c1-34-28(11-6-12-29(37)21-13-16-24(33)17-14-21)31(35(32(34)39)25-8-3-2-4-9-25)27-18-15-23(20-30(27)38)22-7-5-10-26(36)19-22/h2-5,7-10,13-20,28-29,31,36-38H,6,11-12H2,1H3/t28-,29-,31-/m1/s1. The van der Waals surface area contributed by atoms with Crippen LogP contribution in [-0.4, -0.2) is 39.3 Å². The first-order valence-corrected chi connectivity index (χ1v) is 13.0. The zero-order chi connectivity index (χ0) is 27.5. The van der Waals surface area contributed by atoms with Crippen molar-refractivity contribution in [3.63, 3.8) is 0 Å². The lowest BCUT2D eigenvalue weighted by atomic mass is 9.91. The van der Waals surface area contributed by atoms with E-state index >= 15 is 0 Å². The third kappa shape index (κ3) is 5.45. The number of aliphatic hydroxyl groups excluding tert-OH is 1. The van der Waals surface area contributed by atoms with Gasteiger partial charge in [-0.3, -0.25) is 4.90 Å². The van der Waals surface area contributed by atoms with Gasteiger partial charge >= 0.3 is 6.03 Å². The zero-order valence-electron chi connectivity index (χ0n) is 21.6. The molecule has 1 heterocycles. The fourth-order valence-electron chi connectivity index (χ4n) is 5.40. The normalized spacial score (nSPS) is 18.0. The van der Waals surface area contributed by atoms with Gasteiger partial charge < -0.3 is 20.2 Å². The molecule has 0 aromatic heterocycles. The number of nitrogens with zero attached hydrogens (tertiary/aromatic N) is 2. The van der Waals surface area contributed by atoms with Crippen molar-refractivity contribution in [1.29, 1.82) is 0 Å². The van der Waals surface area contributed by atoms with Crippen molar-refractivity contribution in [2.75, 3.05) is 11.9 Å². The lowest BCUT2D eigenvalue weighted by molar-refractivity contribution is 0.158. The number of urea groups is 1. The number of likely N-dealkylation sites (N-methyl/N-ethyl adjacent to an activating group) is 1. The van der Waals surface area contributed by atoms with Crippen LogP contribution in [0, 0.1) is 5.82 Å². The van der Waals surface area contributed by atoms with Gasteiger partial charge in [0.1, 0.15) is 17.3 Å². The number of phenolic OH excluding ortho intramolecular Hbond substituents is 2. The Morgan fingerprint density at radius 1 is 0.872 bits per heavy atom. The van der Waals surface area contributed by atoms with Crippen LogP contribution in [-0.2, 0) is 0 Å². The number of phenols is 2. The Kier molecular flexibility index (Phi) is 7.52. The summed E-state index contributed by atoms with van der Waals surface area (Å²) in [5, 5.41) is 31.8. The summed E-state index contributed by atoms with van der Waals surface area (Å²) in [7, 11) is 1.76. The molecule has 6 nitrogen and oxygen atoms in total. The maximum absolute atomic E-state index is 13.5. The monoisotopic (exact) mass is 526 g/mol. The summed E-state index contributed by atoms with van der Waals surface area (Å²) >= 11 is 0. The molecule has 3 atom stereocenters. The van der Waals surface area contributed by atoms with Gasteiger partial charge in [-0.25, -0.2) is 9.18 Å². The molecule has 0 spiro atoms. The molecular formula is C32H31FN2O4. The Labute approximate surface area is 227 Å². The highest BCUT2D eigenvalue weighted by Crippen LogP contribution is 2.44. The van der Waals surface area contributed by atoms with E-state index in [1.165, 1.54) is 12.1 Å². The summed E-state index contributed by atoms with van der Waals surface area (Å²) in [5.41, 5.74) is 3.50. The Morgan fingerprint density at radius 3 is 2.28 bits per heavy atom. The van der Waals surface area contributed by atoms with Gasteiger partial charge in [0, 0.05) is 18.3 Å². The number of halogens is 1. The molecule has 7 heteroatoms. The molecule has 1 saturated heterocycles. The SMILES string of the molecule is CN1C(=O)N(c2ccccc2)[C@H](c2ccc(-c3cccc(O)c3)cc2O)[C@H]1CCC[C@@H](O)c1ccc(F)cc1. The molecule has 1 fully saturated rings. The number of hydrogen-bond acceptors (Lipinski definition) is 4. The first-order valence-electron chi connectivity index (χ1n) is 13.0. The van der Waals surface area contributed by atoms with Crippen LogP contribution < -0.4 is 4.90 Å². The average molecular weight is 527 g/mol. The molecule has 4 aromatic carbocycles. The topological polar surface area (TPSA) is 84.2 Å². The number of aromatic hydroxyl groups is 2. The van der Waals surface area contributed by atoms with Crippen LogP contribution in [0.4, 0.5) is 14.9 Å². The van der Waals surface area contributed by atoms with Crippen molar-refractivity contribution in [2.24, 2.45) is 0 Å². The third-order valence-electron chi connectivity index (χ3n) is 7.44. The average Bonchev–Trinajstić information content (AvgIpc) is 3.18. The molecule has 4 aromatic rings. The van der Waals surface area contributed by atoms with E-state index in [1.54, 1.807) is 53.2 Å². The molecule has 0 saturated carbocycles. The Hall–Kier alpha value is -4.36. The number of anilines is 1. The number of hydrogen-bond donors (Lipinski definition) is 3. The Bertz CT molecular complexity index is 1440. The Balaban J connectivity index is 1.44. The molecular weight excluding hydrogens is 495 g/mol. The minimum absolute atomic E-state index is 0.0567. The summed E-state index contributed by atoms with van der Waals surface area (Å²) in [5.74, 6) is -0.158. The number of amides is 2. The molecule has 5 rings (SSSR count). The summed E-state index contributed by atoms with van der Waals surface area (Å²) in [6.45, 7) is 0. The fraction of sp³-hybridized carbons (Fsp3) is 0.219. The van der Waals surface area contributed by atoms with Crippen LogP contribution in [0.2, 0.25) is 0 Å². The first kappa shape index (κ1) is 26.3. The molecule has 1 aliphatic rings. The van der Waals surface area contributed by atoms with Gasteiger partial charge in [0.25, 0.3) is 0 Å².